The molecule has 0 aliphatic heterocycles. The van der Waals surface area contributed by atoms with E-state index in [9.17, 15) is 4.79 Å². The number of hydrogen-bond acceptors (Lipinski definition) is 2. The van der Waals surface area contributed by atoms with Crippen LogP contribution in [0.2, 0.25) is 0 Å². The summed E-state index contributed by atoms with van der Waals surface area (Å²) in [5, 5.41) is 0. The van der Waals surface area contributed by atoms with E-state index in [2.05, 4.69) is 0 Å². The van der Waals surface area contributed by atoms with Crippen molar-refractivity contribution in [3.63, 3.8) is 0 Å². The summed E-state index contributed by atoms with van der Waals surface area (Å²) in [6.45, 7) is 3.25. The van der Waals surface area contributed by atoms with Gasteiger partial charge in [-0.05, 0) is 37.0 Å². The van der Waals surface area contributed by atoms with E-state index in [0.29, 0.717) is 19.6 Å². The third kappa shape index (κ3) is 5.41. The summed E-state index contributed by atoms with van der Waals surface area (Å²) < 4.78 is 5.69. The summed E-state index contributed by atoms with van der Waals surface area (Å²) in [5.74, 6) is 1.91. The van der Waals surface area contributed by atoms with Gasteiger partial charge >= 0.3 is 0 Å². The van der Waals surface area contributed by atoms with Gasteiger partial charge in [-0.2, -0.15) is 0 Å². The van der Waals surface area contributed by atoms with Gasteiger partial charge in [0.15, 0.2) is 0 Å². The minimum Gasteiger partial charge on any atom is -0.492 e. The fourth-order valence-electron chi connectivity index (χ4n) is 2.95. The molecular weight excluding hydrogens is 262 g/mol. The summed E-state index contributed by atoms with van der Waals surface area (Å²) >= 11 is 0. The summed E-state index contributed by atoms with van der Waals surface area (Å²) in [4.78, 5) is 13.9. The molecule has 0 aromatic heterocycles. The molecule has 1 aliphatic rings. The predicted octanol–water partition coefficient (Wildman–Crippen LogP) is 3.80. The standard InChI is InChI=1S/C18H27NO2/c1-15-6-5-9-17(14-15)21-13-12-19(2)18(20)11-10-16-7-3-4-8-16/h5-6,9,14,16H,3-4,7-8,10-13H2,1-2H3. The van der Waals surface area contributed by atoms with Crippen LogP contribution in [0.1, 0.15) is 44.1 Å². The third-order valence-electron chi connectivity index (χ3n) is 4.35. The van der Waals surface area contributed by atoms with Gasteiger partial charge in [-0.15, -0.1) is 0 Å². The lowest BCUT2D eigenvalue weighted by Crippen LogP contribution is -2.31. The first-order valence-corrected chi connectivity index (χ1v) is 8.08. The number of ether oxygens (including phenoxy) is 1. The number of aryl methyl sites for hydroxylation is 1. The van der Waals surface area contributed by atoms with E-state index in [0.717, 1.165) is 18.1 Å². The van der Waals surface area contributed by atoms with Crippen LogP contribution in [-0.2, 0) is 4.79 Å². The molecule has 0 heterocycles. The molecule has 3 heteroatoms. The molecule has 116 valence electrons. The van der Waals surface area contributed by atoms with E-state index in [4.69, 9.17) is 4.74 Å². The monoisotopic (exact) mass is 289 g/mol. The lowest BCUT2D eigenvalue weighted by molar-refractivity contribution is -0.130. The second-order valence-electron chi connectivity index (χ2n) is 6.17. The molecule has 0 atom stereocenters. The molecule has 1 fully saturated rings. The van der Waals surface area contributed by atoms with E-state index in [1.807, 2.05) is 38.2 Å². The molecule has 0 spiro atoms. The van der Waals surface area contributed by atoms with Crippen molar-refractivity contribution in [1.29, 1.82) is 0 Å². The van der Waals surface area contributed by atoms with Crippen molar-refractivity contribution in [2.24, 2.45) is 5.92 Å². The van der Waals surface area contributed by atoms with Crippen molar-refractivity contribution in [3.05, 3.63) is 29.8 Å². The molecule has 2 rings (SSSR count). The van der Waals surface area contributed by atoms with Crippen LogP contribution in [0.15, 0.2) is 24.3 Å². The quantitative estimate of drug-likeness (QED) is 0.764. The Morgan fingerprint density at radius 3 is 2.81 bits per heavy atom. The lowest BCUT2D eigenvalue weighted by Gasteiger charge is -2.18. The van der Waals surface area contributed by atoms with Gasteiger partial charge in [-0.3, -0.25) is 4.79 Å². The number of amides is 1. The molecule has 0 N–H and O–H groups in total. The van der Waals surface area contributed by atoms with Crippen molar-refractivity contribution in [2.75, 3.05) is 20.2 Å². The topological polar surface area (TPSA) is 29.5 Å². The predicted molar refractivity (Wildman–Crippen MR) is 85.5 cm³/mol. The summed E-state index contributed by atoms with van der Waals surface area (Å²) in [6.07, 6.45) is 7.06. The van der Waals surface area contributed by atoms with Crippen molar-refractivity contribution >= 4 is 5.91 Å². The van der Waals surface area contributed by atoms with Gasteiger partial charge in [-0.1, -0.05) is 37.8 Å². The van der Waals surface area contributed by atoms with E-state index >= 15 is 0 Å². The van der Waals surface area contributed by atoms with E-state index < -0.39 is 0 Å². The molecule has 1 aromatic carbocycles. The third-order valence-corrected chi connectivity index (χ3v) is 4.35. The largest absolute Gasteiger partial charge is 0.492 e. The van der Waals surface area contributed by atoms with Crippen LogP contribution in [-0.4, -0.2) is 31.0 Å². The first kappa shape index (κ1) is 15.9. The highest BCUT2D eigenvalue weighted by Gasteiger charge is 2.17. The molecule has 0 saturated heterocycles. The highest BCUT2D eigenvalue weighted by Crippen LogP contribution is 2.28. The van der Waals surface area contributed by atoms with Gasteiger partial charge in [0.05, 0.1) is 6.54 Å². The van der Waals surface area contributed by atoms with Gasteiger partial charge in [0.1, 0.15) is 12.4 Å². The van der Waals surface area contributed by atoms with Crippen molar-refractivity contribution in [1.82, 2.24) is 4.90 Å². The molecule has 0 bridgehead atoms. The molecule has 1 amide bonds. The maximum Gasteiger partial charge on any atom is 0.222 e. The van der Waals surface area contributed by atoms with E-state index in [1.54, 1.807) is 4.90 Å². The zero-order valence-corrected chi connectivity index (χ0v) is 13.3. The van der Waals surface area contributed by atoms with Gasteiger partial charge in [0.2, 0.25) is 5.91 Å². The zero-order chi connectivity index (χ0) is 15.1. The first-order chi connectivity index (χ1) is 10.1. The Balaban J connectivity index is 1.63. The first-order valence-electron chi connectivity index (χ1n) is 8.08. The normalized spacial score (nSPS) is 15.1. The van der Waals surface area contributed by atoms with Crippen LogP contribution in [0.4, 0.5) is 0 Å². The molecule has 3 nitrogen and oxygen atoms in total. The second-order valence-corrected chi connectivity index (χ2v) is 6.17. The fourth-order valence-corrected chi connectivity index (χ4v) is 2.95. The summed E-state index contributed by atoms with van der Waals surface area (Å²) in [7, 11) is 1.87. The Morgan fingerprint density at radius 2 is 2.10 bits per heavy atom. The number of likely N-dealkylation sites (N-methyl/N-ethyl adjacent to an activating group) is 1. The minimum absolute atomic E-state index is 0.245. The number of carbonyl (C=O) groups excluding carboxylic acids is 1. The number of nitrogens with zero attached hydrogens (tertiary/aromatic N) is 1. The van der Waals surface area contributed by atoms with Gasteiger partial charge in [0, 0.05) is 13.5 Å². The SMILES string of the molecule is Cc1cccc(OCCN(C)C(=O)CCC2CCCC2)c1. The van der Waals surface area contributed by atoms with Crippen LogP contribution in [0, 0.1) is 12.8 Å². The van der Waals surface area contributed by atoms with Crippen LogP contribution < -0.4 is 4.74 Å². The maximum atomic E-state index is 12.1. The van der Waals surface area contributed by atoms with E-state index in [1.165, 1.54) is 31.2 Å². The smallest absolute Gasteiger partial charge is 0.222 e. The fraction of sp³-hybridized carbons (Fsp3) is 0.611. The molecule has 1 aromatic rings. The molecule has 1 saturated carbocycles. The van der Waals surface area contributed by atoms with E-state index in [-0.39, 0.29) is 5.91 Å². The highest BCUT2D eigenvalue weighted by atomic mass is 16.5. The average molecular weight is 289 g/mol. The van der Waals surface area contributed by atoms with Crippen LogP contribution >= 0.6 is 0 Å². The van der Waals surface area contributed by atoms with Crippen LogP contribution in [0.5, 0.6) is 5.75 Å². The van der Waals surface area contributed by atoms with Gasteiger partial charge in [-0.25, -0.2) is 0 Å². The summed E-state index contributed by atoms with van der Waals surface area (Å²) in [6, 6.07) is 8.00. The lowest BCUT2D eigenvalue weighted by atomic mass is 10.0. The Morgan fingerprint density at radius 1 is 1.33 bits per heavy atom. The second kappa shape index (κ2) is 8.06. The van der Waals surface area contributed by atoms with Crippen molar-refractivity contribution in [2.45, 2.75) is 45.4 Å². The van der Waals surface area contributed by atoms with Gasteiger partial charge < -0.3 is 9.64 Å². The Labute approximate surface area is 128 Å². The number of hydrogen-bond donors (Lipinski definition) is 0. The maximum absolute atomic E-state index is 12.1. The average Bonchev–Trinajstić information content (AvgIpc) is 2.98. The molecule has 1 aliphatic carbocycles. The molecular formula is C18H27NO2. The summed E-state index contributed by atoms with van der Waals surface area (Å²) in [5.41, 5.74) is 1.19. The molecule has 0 radical (unpaired) electrons. The Hall–Kier alpha value is -1.51. The molecule has 21 heavy (non-hydrogen) atoms. The number of rotatable bonds is 7. The number of benzene rings is 1. The van der Waals surface area contributed by atoms with Crippen LogP contribution in [0.3, 0.4) is 0 Å². The minimum atomic E-state index is 0.245. The number of carbonyl (C=O) groups is 1. The Kier molecular flexibility index (Phi) is 6.09. The van der Waals surface area contributed by atoms with Crippen molar-refractivity contribution < 1.29 is 9.53 Å². The highest BCUT2D eigenvalue weighted by molar-refractivity contribution is 5.75. The Bertz CT molecular complexity index is 452. The van der Waals surface area contributed by atoms with Crippen LogP contribution in [0.25, 0.3) is 0 Å². The van der Waals surface area contributed by atoms with Crippen molar-refractivity contribution in [3.8, 4) is 5.75 Å². The van der Waals surface area contributed by atoms with Gasteiger partial charge in [0.25, 0.3) is 0 Å². The zero-order valence-electron chi connectivity index (χ0n) is 13.3. The molecule has 0 unspecified atom stereocenters.